The Balaban J connectivity index is 1.45. The second-order valence-corrected chi connectivity index (χ2v) is 11.1. The predicted octanol–water partition coefficient (Wildman–Crippen LogP) is 6.27. The molecule has 1 atom stereocenters. The second-order valence-electron chi connectivity index (χ2n) is 11.1. The van der Waals surface area contributed by atoms with Crippen LogP contribution in [0.1, 0.15) is 34.3 Å². The van der Waals surface area contributed by atoms with Crippen molar-refractivity contribution in [2.24, 2.45) is 0 Å². The quantitative estimate of drug-likeness (QED) is 0.294. The molecular formula is C32H30F7N3O4. The third-order valence-electron chi connectivity index (χ3n) is 8.15. The molecule has 7 nitrogen and oxygen atoms in total. The molecule has 0 aliphatic carbocycles. The van der Waals surface area contributed by atoms with Crippen molar-refractivity contribution in [3.05, 3.63) is 89.2 Å². The lowest BCUT2D eigenvalue weighted by Gasteiger charge is -2.45. The van der Waals surface area contributed by atoms with E-state index in [1.807, 2.05) is 23.1 Å². The van der Waals surface area contributed by atoms with E-state index in [2.05, 4.69) is 0 Å². The maximum Gasteiger partial charge on any atom is 0.417 e. The summed E-state index contributed by atoms with van der Waals surface area (Å²) in [6.45, 7) is 0.523. The zero-order chi connectivity index (χ0) is 33.3. The van der Waals surface area contributed by atoms with Crippen LogP contribution in [0.15, 0.2) is 66.7 Å². The molecule has 0 radical (unpaired) electrons. The van der Waals surface area contributed by atoms with Crippen molar-refractivity contribution < 1.29 is 49.8 Å². The average Bonchev–Trinajstić information content (AvgIpc) is 3.03. The van der Waals surface area contributed by atoms with E-state index in [0.717, 1.165) is 47.0 Å². The Bertz CT molecular complexity index is 1570. The van der Waals surface area contributed by atoms with E-state index in [1.165, 1.54) is 12.0 Å². The first-order valence-corrected chi connectivity index (χ1v) is 14.4. The maximum absolute atomic E-state index is 14.8. The van der Waals surface area contributed by atoms with Crippen LogP contribution in [-0.4, -0.2) is 73.6 Å². The van der Waals surface area contributed by atoms with Crippen molar-refractivity contribution in [1.82, 2.24) is 9.80 Å². The molecule has 3 aromatic rings. The van der Waals surface area contributed by atoms with E-state index in [0.29, 0.717) is 24.9 Å². The van der Waals surface area contributed by atoms with Gasteiger partial charge in [0.05, 0.1) is 36.0 Å². The van der Waals surface area contributed by atoms with Gasteiger partial charge in [-0.2, -0.15) is 26.3 Å². The van der Waals surface area contributed by atoms with Crippen molar-refractivity contribution in [1.29, 1.82) is 0 Å². The first-order valence-electron chi connectivity index (χ1n) is 14.4. The van der Waals surface area contributed by atoms with E-state index in [4.69, 9.17) is 9.47 Å². The molecule has 2 amide bonds. The van der Waals surface area contributed by atoms with Gasteiger partial charge in [-0.3, -0.25) is 9.59 Å². The van der Waals surface area contributed by atoms with E-state index in [-0.39, 0.29) is 38.2 Å². The van der Waals surface area contributed by atoms with Crippen molar-refractivity contribution in [3.8, 4) is 11.5 Å². The molecule has 0 spiro atoms. The second kappa shape index (κ2) is 12.7. The molecule has 0 saturated carbocycles. The van der Waals surface area contributed by atoms with E-state index in [9.17, 15) is 40.3 Å². The minimum atomic E-state index is -5.03. The van der Waals surface area contributed by atoms with Crippen molar-refractivity contribution >= 4 is 17.5 Å². The number of carbonyl (C=O) groups is 2. The van der Waals surface area contributed by atoms with Crippen LogP contribution in [-0.2, 0) is 17.1 Å². The van der Waals surface area contributed by atoms with Crippen LogP contribution in [0.3, 0.4) is 0 Å². The van der Waals surface area contributed by atoms with Gasteiger partial charge in [-0.25, -0.2) is 4.39 Å². The van der Waals surface area contributed by atoms with E-state index in [1.54, 1.807) is 6.07 Å². The molecule has 2 aliphatic rings. The number of benzene rings is 3. The highest BCUT2D eigenvalue weighted by atomic mass is 19.4. The summed E-state index contributed by atoms with van der Waals surface area (Å²) in [5.41, 5.74) is -4.65. The van der Waals surface area contributed by atoms with Crippen LogP contribution in [0.5, 0.6) is 11.5 Å². The summed E-state index contributed by atoms with van der Waals surface area (Å²) in [7, 11) is 1.54. The molecule has 1 unspecified atom stereocenters. The van der Waals surface area contributed by atoms with Gasteiger partial charge in [-0.1, -0.05) is 18.2 Å². The van der Waals surface area contributed by atoms with Crippen LogP contribution < -0.4 is 14.4 Å². The van der Waals surface area contributed by atoms with E-state index < -0.39 is 58.8 Å². The molecule has 2 saturated heterocycles. The zero-order valence-electron chi connectivity index (χ0n) is 24.6. The van der Waals surface area contributed by atoms with Crippen LogP contribution >= 0.6 is 0 Å². The van der Waals surface area contributed by atoms with Crippen molar-refractivity contribution in [2.45, 2.75) is 30.8 Å². The Labute approximate surface area is 260 Å². The molecule has 3 aromatic carbocycles. The minimum Gasteiger partial charge on any atom is -0.495 e. The van der Waals surface area contributed by atoms with Gasteiger partial charge in [-0.15, -0.1) is 0 Å². The summed E-state index contributed by atoms with van der Waals surface area (Å²) in [5.74, 6) is -2.71. The predicted molar refractivity (Wildman–Crippen MR) is 153 cm³/mol. The third kappa shape index (κ3) is 6.70. The lowest BCUT2D eigenvalue weighted by atomic mass is 9.89. The summed E-state index contributed by atoms with van der Waals surface area (Å²) >= 11 is 0. The van der Waals surface area contributed by atoms with Crippen LogP contribution in [0, 0.1) is 5.82 Å². The summed E-state index contributed by atoms with van der Waals surface area (Å²) in [5, 5.41) is 0. The van der Waals surface area contributed by atoms with Crippen LogP contribution in [0.2, 0.25) is 0 Å². The van der Waals surface area contributed by atoms with Crippen LogP contribution in [0.4, 0.5) is 36.4 Å². The third-order valence-corrected chi connectivity index (χ3v) is 8.15. The fourth-order valence-corrected chi connectivity index (χ4v) is 5.90. The number of halogens is 7. The Hall–Kier alpha value is -4.49. The number of para-hydroxylation sites is 2. The SMILES string of the molecule is COc1ccccc1N1CCN(C(=O)C2(Oc3ccc(C(F)(F)F)cc3)CCCN(C(=O)c3c(F)cccc3C(F)(F)F)C2)CC1. The van der Waals surface area contributed by atoms with Crippen molar-refractivity contribution in [3.63, 3.8) is 0 Å². The fraction of sp³-hybridized carbons (Fsp3) is 0.375. The zero-order valence-corrected chi connectivity index (χ0v) is 24.6. The first kappa shape index (κ1) is 32.9. The lowest BCUT2D eigenvalue weighted by Crippen LogP contribution is -2.64. The number of methoxy groups -OCH3 is 1. The molecule has 246 valence electrons. The molecule has 0 N–H and O–H groups in total. The summed E-state index contributed by atoms with van der Waals surface area (Å²) in [4.78, 5) is 32.2. The summed E-state index contributed by atoms with van der Waals surface area (Å²) < 4.78 is 107. The fourth-order valence-electron chi connectivity index (χ4n) is 5.90. The topological polar surface area (TPSA) is 62.3 Å². The molecule has 2 fully saturated rings. The van der Waals surface area contributed by atoms with Gasteiger partial charge in [0.25, 0.3) is 11.8 Å². The number of hydrogen-bond acceptors (Lipinski definition) is 5. The average molecular weight is 654 g/mol. The number of anilines is 1. The van der Waals surface area contributed by atoms with Crippen molar-refractivity contribution in [2.75, 3.05) is 51.3 Å². The van der Waals surface area contributed by atoms with Gasteiger partial charge in [0.1, 0.15) is 17.3 Å². The highest BCUT2D eigenvalue weighted by molar-refractivity contribution is 5.97. The van der Waals surface area contributed by atoms with Gasteiger partial charge >= 0.3 is 12.4 Å². The standard InChI is InChI=1S/C32H30F7N3O4/c1-45-26-9-3-2-8-25(26)40-16-18-41(19-17-40)29(44)30(46-22-12-10-21(11-13-22)31(34,35)36)14-5-15-42(20-30)28(43)27-23(32(37,38)39)6-4-7-24(27)33/h2-4,6-13H,5,14-20H2,1H3. The molecule has 0 bridgehead atoms. The number of alkyl halides is 6. The highest BCUT2D eigenvalue weighted by Gasteiger charge is 2.50. The van der Waals surface area contributed by atoms with Crippen LogP contribution in [0.25, 0.3) is 0 Å². The smallest absolute Gasteiger partial charge is 0.417 e. The number of hydrogen-bond donors (Lipinski definition) is 0. The first-order chi connectivity index (χ1) is 21.7. The molecular weight excluding hydrogens is 623 g/mol. The minimum absolute atomic E-state index is 0.00670. The molecule has 0 aromatic heterocycles. The number of piperidine rings is 1. The lowest BCUT2D eigenvalue weighted by molar-refractivity contribution is -0.153. The monoisotopic (exact) mass is 653 g/mol. The van der Waals surface area contributed by atoms with Gasteiger partial charge in [0, 0.05) is 32.7 Å². The molecule has 14 heteroatoms. The number of piperazine rings is 1. The van der Waals surface area contributed by atoms with E-state index >= 15 is 0 Å². The molecule has 5 rings (SSSR count). The Morgan fingerprint density at radius 3 is 2.09 bits per heavy atom. The largest absolute Gasteiger partial charge is 0.495 e. The Kier molecular flexibility index (Phi) is 9.09. The summed E-state index contributed by atoms with van der Waals surface area (Å²) in [6.07, 6.45) is -9.56. The number of nitrogens with zero attached hydrogens (tertiary/aromatic N) is 3. The summed E-state index contributed by atoms with van der Waals surface area (Å²) in [6, 6.07) is 13.1. The van der Waals surface area contributed by atoms with Gasteiger partial charge in [0.15, 0.2) is 0 Å². The number of carbonyl (C=O) groups excluding carboxylic acids is 2. The van der Waals surface area contributed by atoms with Gasteiger partial charge < -0.3 is 24.2 Å². The van der Waals surface area contributed by atoms with Gasteiger partial charge in [-0.05, 0) is 61.4 Å². The number of ether oxygens (including phenoxy) is 2. The number of rotatable bonds is 6. The van der Waals surface area contributed by atoms with Gasteiger partial charge in [0.2, 0.25) is 5.60 Å². The normalized spacial score (nSPS) is 19.2. The highest BCUT2D eigenvalue weighted by Crippen LogP contribution is 2.37. The molecule has 2 aliphatic heterocycles. The number of amides is 2. The Morgan fingerprint density at radius 2 is 1.46 bits per heavy atom. The maximum atomic E-state index is 14.8. The molecule has 46 heavy (non-hydrogen) atoms. The Morgan fingerprint density at radius 1 is 0.783 bits per heavy atom. The number of likely N-dealkylation sites (tertiary alicyclic amines) is 1. The molecule has 2 heterocycles.